The Kier molecular flexibility index (Phi) is 1.21. The minimum Gasteiger partial charge on any atom is -0.341 e. The topological polar surface area (TPSA) is 48.9 Å². The fourth-order valence-electron chi connectivity index (χ4n) is 0.430. The van der Waals surface area contributed by atoms with Gasteiger partial charge in [-0.3, -0.25) is 0 Å². The van der Waals surface area contributed by atoms with E-state index in [9.17, 15) is 8.78 Å². The van der Waals surface area contributed by atoms with Gasteiger partial charge < -0.3 is 10.1 Å². The second-order valence-corrected chi connectivity index (χ2v) is 1.48. The first kappa shape index (κ1) is 6.15. The Morgan fingerprint density at radius 1 is 1.67 bits per heavy atom. The fraction of sp³-hybridized carbons (Fsp3) is 0.250. The molecule has 5 heteroatoms. The molecule has 0 fully saturated rings. The van der Waals surface area contributed by atoms with E-state index in [0.29, 0.717) is 0 Å². The quantitative estimate of drug-likeness (QED) is 0.585. The van der Waals surface area contributed by atoms with E-state index >= 15 is 0 Å². The van der Waals surface area contributed by atoms with Gasteiger partial charge in [0.1, 0.15) is 0 Å². The molecule has 1 heterocycles. The lowest BCUT2D eigenvalue weighted by atomic mass is 10.6. The fourth-order valence-corrected chi connectivity index (χ4v) is 0.430. The number of H-pyrrole nitrogens is 1. The number of aromatic amines is 1. The molecule has 3 nitrogen and oxygen atoms in total. The van der Waals surface area contributed by atoms with Gasteiger partial charge in [-0.05, 0) is 0 Å². The van der Waals surface area contributed by atoms with E-state index < -0.39 is 11.9 Å². The zero-order chi connectivity index (χ0) is 6.91. The molecule has 0 radical (unpaired) electrons. The van der Waals surface area contributed by atoms with Gasteiger partial charge in [0.15, 0.2) is 0 Å². The highest BCUT2D eigenvalue weighted by Crippen LogP contribution is 2.18. The molecule has 1 rings (SSSR count). The van der Waals surface area contributed by atoms with E-state index in [1.165, 1.54) is 6.20 Å². The van der Waals surface area contributed by atoms with Crippen LogP contribution in [-0.2, 0) is 6.11 Å². The van der Waals surface area contributed by atoms with Crippen LogP contribution in [0.3, 0.4) is 0 Å². The molecule has 0 bridgehead atoms. The van der Waals surface area contributed by atoms with Crippen LogP contribution in [0.5, 0.6) is 0 Å². The van der Waals surface area contributed by atoms with Crippen LogP contribution in [0, 0.1) is 0 Å². The third-order valence-corrected chi connectivity index (χ3v) is 0.783. The summed E-state index contributed by atoms with van der Waals surface area (Å²) in [5.41, 5.74) is 0. The summed E-state index contributed by atoms with van der Waals surface area (Å²) >= 11 is 0. The summed E-state index contributed by atoms with van der Waals surface area (Å²) < 4.78 is 23.5. The molecule has 0 unspecified atom stereocenters. The van der Waals surface area contributed by atoms with E-state index in [2.05, 4.69) is 9.97 Å². The van der Waals surface area contributed by atoms with Gasteiger partial charge in [0.25, 0.3) is 0 Å². The standard InChI is InChI=1S/C4H4F2N2O/c5-4(6,9)3-7-1-2-8-3/h1-2,9H,(H,7,8). The monoisotopic (exact) mass is 134 g/mol. The number of nitrogens with one attached hydrogen (secondary N) is 1. The van der Waals surface area contributed by atoms with Crippen molar-refractivity contribution in [3.05, 3.63) is 18.2 Å². The van der Waals surface area contributed by atoms with Crippen molar-refractivity contribution in [2.75, 3.05) is 0 Å². The third-order valence-electron chi connectivity index (χ3n) is 0.783. The van der Waals surface area contributed by atoms with Gasteiger partial charge in [-0.2, -0.15) is 8.78 Å². The Bertz CT molecular complexity index is 179. The summed E-state index contributed by atoms with van der Waals surface area (Å²) in [5.74, 6) is -0.734. The lowest BCUT2D eigenvalue weighted by molar-refractivity contribution is -0.214. The van der Waals surface area contributed by atoms with E-state index in [1.54, 1.807) is 0 Å². The normalized spacial score (nSPS) is 11.9. The molecule has 0 saturated heterocycles. The van der Waals surface area contributed by atoms with Gasteiger partial charge in [0.05, 0.1) is 0 Å². The third kappa shape index (κ3) is 1.23. The van der Waals surface area contributed by atoms with Crippen molar-refractivity contribution in [1.29, 1.82) is 0 Å². The highest BCUT2D eigenvalue weighted by atomic mass is 19.3. The second-order valence-electron chi connectivity index (χ2n) is 1.48. The Labute approximate surface area is 49.4 Å². The first-order chi connectivity index (χ1) is 4.11. The molecule has 0 aliphatic rings. The molecule has 0 amide bonds. The number of nitrogens with zero attached hydrogens (tertiary/aromatic N) is 1. The number of aliphatic hydroxyl groups is 1. The minimum absolute atomic E-state index is 0.734. The Morgan fingerprint density at radius 3 is 2.56 bits per heavy atom. The van der Waals surface area contributed by atoms with Crippen LogP contribution in [0.15, 0.2) is 12.4 Å². The molecular formula is C4H4F2N2O. The number of halogens is 2. The van der Waals surface area contributed by atoms with Gasteiger partial charge in [-0.15, -0.1) is 0 Å². The number of imidazole rings is 1. The Morgan fingerprint density at radius 2 is 2.33 bits per heavy atom. The maximum atomic E-state index is 11.7. The van der Waals surface area contributed by atoms with E-state index in [1.807, 2.05) is 0 Å². The molecule has 0 saturated carbocycles. The van der Waals surface area contributed by atoms with Crippen molar-refractivity contribution in [3.63, 3.8) is 0 Å². The van der Waals surface area contributed by atoms with Crippen LogP contribution >= 0.6 is 0 Å². The number of rotatable bonds is 1. The molecule has 1 aromatic rings. The smallest absolute Gasteiger partial charge is 0.341 e. The maximum absolute atomic E-state index is 11.7. The SMILES string of the molecule is OC(F)(F)c1ncc[nH]1. The summed E-state index contributed by atoms with van der Waals surface area (Å²) in [5, 5.41) is 7.95. The van der Waals surface area contributed by atoms with Crippen molar-refractivity contribution in [1.82, 2.24) is 9.97 Å². The molecule has 0 spiro atoms. The highest BCUT2D eigenvalue weighted by molar-refractivity contribution is 4.90. The molecule has 2 N–H and O–H groups in total. The minimum atomic E-state index is -3.84. The van der Waals surface area contributed by atoms with Crippen molar-refractivity contribution in [3.8, 4) is 0 Å². The maximum Gasteiger partial charge on any atom is 0.413 e. The Balaban J connectivity index is 2.90. The van der Waals surface area contributed by atoms with Crippen LogP contribution in [-0.4, -0.2) is 15.1 Å². The summed E-state index contributed by atoms with van der Waals surface area (Å²) in [4.78, 5) is 5.20. The zero-order valence-corrected chi connectivity index (χ0v) is 4.31. The first-order valence-electron chi connectivity index (χ1n) is 2.21. The summed E-state index contributed by atoms with van der Waals surface area (Å²) in [6.45, 7) is 0. The molecule has 0 aliphatic carbocycles. The summed E-state index contributed by atoms with van der Waals surface area (Å²) in [6.07, 6.45) is -1.50. The van der Waals surface area contributed by atoms with Crippen LogP contribution < -0.4 is 0 Å². The average Bonchev–Trinajstić information content (AvgIpc) is 2.08. The van der Waals surface area contributed by atoms with E-state index in [4.69, 9.17) is 5.11 Å². The zero-order valence-electron chi connectivity index (χ0n) is 4.31. The number of hydrogen-bond donors (Lipinski definition) is 2. The molecule has 50 valence electrons. The summed E-state index contributed by atoms with van der Waals surface area (Å²) in [7, 11) is 0. The van der Waals surface area contributed by atoms with Gasteiger partial charge in [0, 0.05) is 12.4 Å². The predicted molar refractivity (Wildman–Crippen MR) is 24.7 cm³/mol. The number of alkyl halides is 2. The highest BCUT2D eigenvalue weighted by Gasteiger charge is 2.30. The number of hydrogen-bond acceptors (Lipinski definition) is 2. The summed E-state index contributed by atoms with van der Waals surface area (Å²) in [6, 6.07) is 0. The Hall–Kier alpha value is -0.970. The average molecular weight is 134 g/mol. The lowest BCUT2D eigenvalue weighted by Crippen LogP contribution is -2.13. The van der Waals surface area contributed by atoms with Crippen LogP contribution in [0.1, 0.15) is 5.82 Å². The van der Waals surface area contributed by atoms with Crippen molar-refractivity contribution < 1.29 is 13.9 Å². The van der Waals surface area contributed by atoms with E-state index in [-0.39, 0.29) is 0 Å². The largest absolute Gasteiger partial charge is 0.413 e. The van der Waals surface area contributed by atoms with Crippen molar-refractivity contribution in [2.45, 2.75) is 6.11 Å². The van der Waals surface area contributed by atoms with Crippen LogP contribution in [0.2, 0.25) is 0 Å². The van der Waals surface area contributed by atoms with Gasteiger partial charge >= 0.3 is 6.11 Å². The first-order valence-corrected chi connectivity index (χ1v) is 2.21. The van der Waals surface area contributed by atoms with Crippen molar-refractivity contribution >= 4 is 0 Å². The number of aromatic nitrogens is 2. The molecule has 0 aliphatic heterocycles. The van der Waals surface area contributed by atoms with Gasteiger partial charge in [0.2, 0.25) is 5.82 Å². The molecule has 0 atom stereocenters. The molecule has 1 aromatic heterocycles. The molecular weight excluding hydrogens is 130 g/mol. The van der Waals surface area contributed by atoms with E-state index in [0.717, 1.165) is 6.20 Å². The van der Waals surface area contributed by atoms with Crippen LogP contribution in [0.25, 0.3) is 0 Å². The van der Waals surface area contributed by atoms with Crippen LogP contribution in [0.4, 0.5) is 8.78 Å². The van der Waals surface area contributed by atoms with Gasteiger partial charge in [-0.1, -0.05) is 0 Å². The van der Waals surface area contributed by atoms with Gasteiger partial charge in [-0.25, -0.2) is 4.98 Å². The van der Waals surface area contributed by atoms with Crippen molar-refractivity contribution in [2.24, 2.45) is 0 Å². The lowest BCUT2D eigenvalue weighted by Gasteiger charge is -2.01. The predicted octanol–water partition coefficient (Wildman–Crippen LogP) is 0.451. The molecule has 0 aromatic carbocycles. The second kappa shape index (κ2) is 1.77. The molecule has 9 heavy (non-hydrogen) atoms.